The van der Waals surface area contributed by atoms with E-state index in [1.54, 1.807) is 0 Å². The van der Waals surface area contributed by atoms with E-state index in [1.807, 2.05) is 24.3 Å². The van der Waals surface area contributed by atoms with Crippen LogP contribution in [-0.2, 0) is 22.7 Å². The van der Waals surface area contributed by atoms with E-state index in [0.717, 1.165) is 116 Å². The molecule has 0 heterocycles. The predicted molar refractivity (Wildman–Crippen MR) is 276 cm³/mol. The zero-order valence-corrected chi connectivity index (χ0v) is 43.1. The summed E-state index contributed by atoms with van der Waals surface area (Å²) in [5.41, 5.74) is 1.85. The maximum absolute atomic E-state index is 14.1. The van der Waals surface area contributed by atoms with E-state index in [-0.39, 0.29) is 35.8 Å². The van der Waals surface area contributed by atoms with Gasteiger partial charge in [-0.05, 0) is 121 Å². The maximum atomic E-state index is 14.1. The normalized spacial score (nSPS) is 11.0. The Morgan fingerprint density at radius 2 is 0.643 bits per heavy atom. The summed E-state index contributed by atoms with van der Waals surface area (Å²) in [6, 6.07) is 15.8. The molecule has 4 rings (SSSR count). The number of ether oxygens (including phenoxy) is 8. The highest BCUT2D eigenvalue weighted by atomic mass is 16.6. The number of carbonyl (C=O) groups excluding carboxylic acids is 2. The van der Waals surface area contributed by atoms with Crippen molar-refractivity contribution in [3.05, 3.63) is 82.9 Å². The Bertz CT molecular complexity index is 1930. The third-order valence-corrected chi connectivity index (χ3v) is 11.6. The SMILES string of the molecule is CCCCCOc1cc(COC(=O)c2cc(O)ccc2-c2ccc(O)cc2C(=O)OCc2cc(OCCCCC)c(OCCCCC)c(OCCCCC)c2)cc(OCCCCC)c1OCCCCC. The van der Waals surface area contributed by atoms with Gasteiger partial charge in [0.1, 0.15) is 24.7 Å². The quantitative estimate of drug-likeness (QED) is 0.0327. The fourth-order valence-corrected chi connectivity index (χ4v) is 7.66. The zero-order chi connectivity index (χ0) is 50.4. The molecular weight excluding hydrogens is 889 g/mol. The molecule has 12 nitrogen and oxygen atoms in total. The van der Waals surface area contributed by atoms with E-state index in [1.165, 1.54) is 36.4 Å². The molecule has 0 radical (unpaired) electrons. The number of carbonyl (C=O) groups is 2. The lowest BCUT2D eigenvalue weighted by atomic mass is 9.94. The van der Waals surface area contributed by atoms with Crippen LogP contribution >= 0.6 is 0 Å². The van der Waals surface area contributed by atoms with Gasteiger partial charge in [0.2, 0.25) is 11.5 Å². The Hall–Kier alpha value is -5.78. The molecule has 4 aromatic carbocycles. The van der Waals surface area contributed by atoms with Crippen LogP contribution in [-0.4, -0.2) is 61.8 Å². The summed E-state index contributed by atoms with van der Waals surface area (Å²) in [6.45, 7) is 15.5. The van der Waals surface area contributed by atoms with Crippen LogP contribution in [0.25, 0.3) is 11.1 Å². The molecule has 0 aliphatic carbocycles. The number of esters is 2. The van der Waals surface area contributed by atoms with Gasteiger partial charge in [0, 0.05) is 0 Å². The zero-order valence-electron chi connectivity index (χ0n) is 43.1. The van der Waals surface area contributed by atoms with Crippen molar-refractivity contribution in [2.24, 2.45) is 0 Å². The van der Waals surface area contributed by atoms with Gasteiger partial charge < -0.3 is 48.1 Å². The predicted octanol–water partition coefficient (Wildman–Crippen LogP) is 14.9. The molecule has 0 unspecified atom stereocenters. The number of unbranched alkanes of at least 4 members (excludes halogenated alkanes) is 12. The molecule has 0 fully saturated rings. The molecule has 4 aromatic rings. The minimum atomic E-state index is -0.746. The molecular formula is C58H82O12. The molecule has 2 N–H and O–H groups in total. The molecule has 12 heteroatoms. The van der Waals surface area contributed by atoms with Crippen LogP contribution in [0.4, 0.5) is 0 Å². The van der Waals surface area contributed by atoms with Crippen molar-refractivity contribution >= 4 is 11.9 Å². The van der Waals surface area contributed by atoms with Gasteiger partial charge >= 0.3 is 11.9 Å². The summed E-state index contributed by atoms with van der Waals surface area (Å²) >= 11 is 0. The topological polar surface area (TPSA) is 148 Å². The molecule has 0 saturated carbocycles. The van der Waals surface area contributed by atoms with E-state index in [4.69, 9.17) is 37.9 Å². The van der Waals surface area contributed by atoms with Crippen molar-refractivity contribution in [3.8, 4) is 57.1 Å². The van der Waals surface area contributed by atoms with E-state index in [9.17, 15) is 19.8 Å². The smallest absolute Gasteiger partial charge is 0.339 e. The lowest BCUT2D eigenvalue weighted by molar-refractivity contribution is 0.0461. The second-order valence-electron chi connectivity index (χ2n) is 17.8. The van der Waals surface area contributed by atoms with E-state index in [2.05, 4.69) is 41.5 Å². The molecule has 386 valence electrons. The van der Waals surface area contributed by atoms with Gasteiger partial charge in [0.15, 0.2) is 23.0 Å². The fourth-order valence-electron chi connectivity index (χ4n) is 7.66. The Balaban J connectivity index is 1.64. The summed E-state index contributed by atoms with van der Waals surface area (Å²) < 4.78 is 49.8. The molecule has 0 atom stereocenters. The molecule has 0 saturated heterocycles. The summed E-state index contributed by atoms with van der Waals surface area (Å²) in [5.74, 6) is 1.33. The van der Waals surface area contributed by atoms with Gasteiger partial charge in [-0.2, -0.15) is 0 Å². The second-order valence-corrected chi connectivity index (χ2v) is 17.8. The summed E-state index contributed by atoms with van der Waals surface area (Å²) in [6.07, 6.45) is 17.7. The number of phenolic OH excluding ortho intramolecular Hbond substituents is 2. The number of benzene rings is 4. The number of rotatable bonds is 37. The highest BCUT2D eigenvalue weighted by Gasteiger charge is 2.24. The van der Waals surface area contributed by atoms with Crippen molar-refractivity contribution in [1.29, 1.82) is 0 Å². The highest BCUT2D eigenvalue weighted by Crippen LogP contribution is 2.42. The molecule has 0 spiro atoms. The lowest BCUT2D eigenvalue weighted by Gasteiger charge is -2.19. The van der Waals surface area contributed by atoms with Gasteiger partial charge in [0.05, 0.1) is 50.8 Å². The number of hydrogen-bond donors (Lipinski definition) is 2. The lowest BCUT2D eigenvalue weighted by Crippen LogP contribution is -2.11. The van der Waals surface area contributed by atoms with E-state index in [0.29, 0.717) is 96.4 Å². The van der Waals surface area contributed by atoms with E-state index >= 15 is 0 Å². The van der Waals surface area contributed by atoms with Crippen LogP contribution in [0.15, 0.2) is 60.7 Å². The second kappa shape index (κ2) is 32.9. The molecule has 0 bridgehead atoms. The Kier molecular flexibility index (Phi) is 26.7. The standard InChI is InChI=1S/C58H82O12/c1-7-13-19-29-63-51-35-43(36-52(64-30-20-14-8-2)55(51)67-33-23-17-11-5)41-69-57(61)49-39-45(59)25-27-47(49)48-28-26-46(60)40-50(48)58(62)70-42-44-37-53(65-31-21-15-9-3)56(68-34-24-18-12-6)54(38-44)66-32-22-16-10-4/h25-28,35-40,59-60H,7-24,29-34,41-42H2,1-6H3. The summed E-state index contributed by atoms with van der Waals surface area (Å²) in [7, 11) is 0. The average molecular weight is 971 g/mol. The Morgan fingerprint density at radius 1 is 0.371 bits per heavy atom. The van der Waals surface area contributed by atoms with Crippen LogP contribution in [0.5, 0.6) is 46.0 Å². The molecule has 0 amide bonds. The number of hydrogen-bond acceptors (Lipinski definition) is 12. The van der Waals surface area contributed by atoms with Crippen LogP contribution < -0.4 is 28.4 Å². The highest BCUT2D eigenvalue weighted by molar-refractivity contribution is 6.03. The fraction of sp³-hybridized carbons (Fsp3) is 0.552. The van der Waals surface area contributed by atoms with Crippen LogP contribution in [0.2, 0.25) is 0 Å². The molecule has 70 heavy (non-hydrogen) atoms. The van der Waals surface area contributed by atoms with E-state index < -0.39 is 11.9 Å². The molecule has 0 aliphatic rings. The maximum Gasteiger partial charge on any atom is 0.339 e. The third kappa shape index (κ3) is 19.2. The van der Waals surface area contributed by atoms with Gasteiger partial charge in [-0.15, -0.1) is 0 Å². The van der Waals surface area contributed by atoms with Crippen molar-refractivity contribution in [2.45, 2.75) is 170 Å². The molecule has 0 aliphatic heterocycles. The first-order valence-electron chi connectivity index (χ1n) is 26.3. The summed E-state index contributed by atoms with van der Waals surface area (Å²) in [4.78, 5) is 28.3. The first kappa shape index (κ1) is 56.8. The largest absolute Gasteiger partial charge is 0.508 e. The number of aromatic hydroxyl groups is 2. The van der Waals surface area contributed by atoms with Crippen molar-refractivity contribution in [1.82, 2.24) is 0 Å². The first-order chi connectivity index (χ1) is 34.2. The van der Waals surface area contributed by atoms with Gasteiger partial charge in [-0.25, -0.2) is 9.59 Å². The van der Waals surface area contributed by atoms with Gasteiger partial charge in [-0.1, -0.05) is 119 Å². The van der Waals surface area contributed by atoms with Crippen molar-refractivity contribution in [3.63, 3.8) is 0 Å². The Labute approximate surface area is 418 Å². The minimum Gasteiger partial charge on any atom is -0.508 e. The Morgan fingerprint density at radius 3 is 0.914 bits per heavy atom. The van der Waals surface area contributed by atoms with Crippen molar-refractivity contribution < 1.29 is 57.7 Å². The third-order valence-electron chi connectivity index (χ3n) is 11.6. The van der Waals surface area contributed by atoms with Crippen LogP contribution in [0, 0.1) is 0 Å². The van der Waals surface area contributed by atoms with Crippen LogP contribution in [0.3, 0.4) is 0 Å². The first-order valence-corrected chi connectivity index (χ1v) is 26.3. The van der Waals surface area contributed by atoms with Gasteiger partial charge in [0.25, 0.3) is 0 Å². The number of phenols is 2. The minimum absolute atomic E-state index is 0.00643. The summed E-state index contributed by atoms with van der Waals surface area (Å²) in [5, 5.41) is 21.4. The average Bonchev–Trinajstić information content (AvgIpc) is 3.36. The molecule has 0 aromatic heterocycles. The van der Waals surface area contributed by atoms with Crippen LogP contribution in [0.1, 0.15) is 189 Å². The van der Waals surface area contributed by atoms with Gasteiger partial charge in [-0.3, -0.25) is 0 Å². The van der Waals surface area contributed by atoms with Crippen molar-refractivity contribution in [2.75, 3.05) is 39.6 Å². The monoisotopic (exact) mass is 971 g/mol.